The molecule has 1 saturated heterocycles. The van der Waals surface area contributed by atoms with Crippen LogP contribution < -0.4 is 4.72 Å². The van der Waals surface area contributed by atoms with Crippen molar-refractivity contribution in [2.75, 3.05) is 24.6 Å². The van der Waals surface area contributed by atoms with Crippen LogP contribution in [-0.2, 0) is 20.0 Å². The molecular weight excluding hydrogens is 288 g/mol. The molecule has 1 aliphatic heterocycles. The van der Waals surface area contributed by atoms with Gasteiger partial charge in [-0.25, -0.2) is 25.9 Å². The van der Waals surface area contributed by atoms with Gasteiger partial charge in [-0.1, -0.05) is 13.3 Å². The highest BCUT2D eigenvalue weighted by atomic mass is 32.2. The minimum absolute atomic E-state index is 0.0576. The molecule has 0 aromatic carbocycles. The van der Waals surface area contributed by atoms with Gasteiger partial charge in [-0.2, -0.15) is 0 Å². The van der Waals surface area contributed by atoms with Crippen molar-refractivity contribution >= 4 is 20.0 Å². The zero-order valence-corrected chi connectivity index (χ0v) is 13.3. The van der Waals surface area contributed by atoms with Crippen molar-refractivity contribution in [3.63, 3.8) is 0 Å². The van der Waals surface area contributed by atoms with E-state index in [-0.39, 0.29) is 17.5 Å². The molecule has 0 spiro atoms. The molecule has 1 N–H and O–H groups in total. The van der Waals surface area contributed by atoms with Gasteiger partial charge in [0, 0.05) is 19.1 Å². The summed E-state index contributed by atoms with van der Waals surface area (Å²) in [6.45, 7) is 4.36. The highest BCUT2D eigenvalue weighted by Gasteiger charge is 2.28. The molecule has 0 aromatic heterocycles. The number of nitrogens with one attached hydrogen (secondary N) is 1. The molecule has 0 saturated carbocycles. The average molecular weight is 312 g/mol. The molecule has 0 atom stereocenters. The van der Waals surface area contributed by atoms with Crippen LogP contribution in [0.15, 0.2) is 0 Å². The van der Waals surface area contributed by atoms with Crippen LogP contribution in [0.1, 0.15) is 39.5 Å². The molecule has 0 unspecified atom stereocenters. The molecule has 0 radical (unpaired) electrons. The molecular formula is C11H24N2O4S2. The number of rotatable bonds is 7. The number of nitrogens with zero attached hydrogens (tertiary/aromatic N) is 1. The van der Waals surface area contributed by atoms with Crippen molar-refractivity contribution in [2.45, 2.75) is 45.6 Å². The van der Waals surface area contributed by atoms with Crippen LogP contribution in [0.4, 0.5) is 0 Å². The summed E-state index contributed by atoms with van der Waals surface area (Å²) < 4.78 is 50.9. The molecule has 6 nitrogen and oxygen atoms in total. The molecule has 19 heavy (non-hydrogen) atoms. The van der Waals surface area contributed by atoms with E-state index in [1.165, 1.54) is 4.31 Å². The van der Waals surface area contributed by atoms with E-state index in [2.05, 4.69) is 4.72 Å². The van der Waals surface area contributed by atoms with Crippen LogP contribution in [-0.4, -0.2) is 51.8 Å². The third-order valence-corrected chi connectivity index (χ3v) is 6.74. The summed E-state index contributed by atoms with van der Waals surface area (Å²) in [7, 11) is -6.37. The third kappa shape index (κ3) is 5.37. The second kappa shape index (κ2) is 7.01. The molecule has 8 heteroatoms. The molecule has 1 heterocycles. The Morgan fingerprint density at radius 3 is 2.16 bits per heavy atom. The predicted molar refractivity (Wildman–Crippen MR) is 75.9 cm³/mol. The van der Waals surface area contributed by atoms with Gasteiger partial charge in [-0.3, -0.25) is 0 Å². The van der Waals surface area contributed by atoms with Crippen molar-refractivity contribution in [1.82, 2.24) is 9.03 Å². The molecule has 1 rings (SSSR count). The minimum Gasteiger partial charge on any atom is -0.212 e. The fourth-order valence-corrected chi connectivity index (χ4v) is 4.63. The summed E-state index contributed by atoms with van der Waals surface area (Å²) >= 11 is 0. The van der Waals surface area contributed by atoms with Crippen LogP contribution >= 0.6 is 0 Å². The minimum atomic E-state index is -3.20. The molecule has 0 bridgehead atoms. The maximum absolute atomic E-state index is 12.0. The maximum Gasteiger partial charge on any atom is 0.214 e. The van der Waals surface area contributed by atoms with Gasteiger partial charge >= 0.3 is 0 Å². The van der Waals surface area contributed by atoms with Crippen molar-refractivity contribution in [1.29, 1.82) is 0 Å². The second-order valence-electron chi connectivity index (χ2n) is 4.86. The van der Waals surface area contributed by atoms with Crippen molar-refractivity contribution in [3.8, 4) is 0 Å². The first-order valence-electron chi connectivity index (χ1n) is 6.78. The van der Waals surface area contributed by atoms with Gasteiger partial charge in [0.2, 0.25) is 20.0 Å². The number of hydrogen-bond acceptors (Lipinski definition) is 4. The molecule has 114 valence electrons. The van der Waals surface area contributed by atoms with E-state index in [9.17, 15) is 16.8 Å². The lowest BCUT2D eigenvalue weighted by Gasteiger charge is -2.31. The average Bonchev–Trinajstić information content (AvgIpc) is 2.37. The van der Waals surface area contributed by atoms with Crippen LogP contribution in [0.3, 0.4) is 0 Å². The lowest BCUT2D eigenvalue weighted by Crippen LogP contribution is -2.47. The summed E-state index contributed by atoms with van der Waals surface area (Å²) in [5.41, 5.74) is 0. The van der Waals surface area contributed by atoms with E-state index >= 15 is 0 Å². The van der Waals surface area contributed by atoms with Gasteiger partial charge in [0.25, 0.3) is 0 Å². The lowest BCUT2D eigenvalue weighted by atomic mass is 10.1. The van der Waals surface area contributed by atoms with E-state index in [0.29, 0.717) is 32.4 Å². The molecule has 0 aliphatic carbocycles. The van der Waals surface area contributed by atoms with Crippen molar-refractivity contribution in [2.24, 2.45) is 0 Å². The molecule has 0 amide bonds. The molecule has 1 aliphatic rings. The van der Waals surface area contributed by atoms with E-state index < -0.39 is 20.0 Å². The standard InChI is InChI=1S/C11H24N2O4S2/c1-3-5-10-19(16,17)13-8-6-11(7-9-13)12-18(14,15)4-2/h11-12H,3-10H2,1-2H3. The summed E-state index contributed by atoms with van der Waals surface area (Å²) in [5.74, 6) is 0.247. The van der Waals surface area contributed by atoms with Crippen molar-refractivity contribution < 1.29 is 16.8 Å². The zero-order valence-electron chi connectivity index (χ0n) is 11.6. The summed E-state index contributed by atoms with van der Waals surface area (Å²) in [6, 6.07) is -0.137. The Morgan fingerprint density at radius 1 is 1.11 bits per heavy atom. The van der Waals surface area contributed by atoms with Gasteiger partial charge in [0.1, 0.15) is 0 Å². The Bertz CT molecular complexity index is 465. The number of piperidine rings is 1. The zero-order chi connectivity index (χ0) is 14.5. The molecule has 0 aromatic rings. The third-order valence-electron chi connectivity index (χ3n) is 3.33. The van der Waals surface area contributed by atoms with Gasteiger partial charge in [0.05, 0.1) is 11.5 Å². The molecule has 1 fully saturated rings. The number of unbranched alkanes of at least 4 members (excludes halogenated alkanes) is 1. The fourth-order valence-electron chi connectivity index (χ4n) is 2.04. The predicted octanol–water partition coefficient (Wildman–Crippen LogP) is 0.520. The van der Waals surface area contributed by atoms with Crippen LogP contribution in [0.25, 0.3) is 0 Å². The summed E-state index contributed by atoms with van der Waals surface area (Å²) in [5, 5.41) is 0. The van der Waals surface area contributed by atoms with Crippen LogP contribution in [0, 0.1) is 0 Å². The Morgan fingerprint density at radius 2 is 1.68 bits per heavy atom. The van der Waals surface area contributed by atoms with Crippen LogP contribution in [0.2, 0.25) is 0 Å². The Hall–Kier alpha value is -0.180. The largest absolute Gasteiger partial charge is 0.214 e. The Kier molecular flexibility index (Phi) is 6.22. The quantitative estimate of drug-likeness (QED) is 0.743. The summed E-state index contributed by atoms with van der Waals surface area (Å²) in [6.07, 6.45) is 2.62. The maximum atomic E-state index is 12.0. The lowest BCUT2D eigenvalue weighted by molar-refractivity contribution is 0.308. The highest BCUT2D eigenvalue weighted by Crippen LogP contribution is 2.16. The normalized spacial score (nSPS) is 19.7. The second-order valence-corrected chi connectivity index (χ2v) is 9.00. The Balaban J connectivity index is 2.49. The van der Waals surface area contributed by atoms with E-state index in [0.717, 1.165) is 6.42 Å². The first-order chi connectivity index (χ1) is 8.80. The summed E-state index contributed by atoms with van der Waals surface area (Å²) in [4.78, 5) is 0. The van der Waals surface area contributed by atoms with E-state index in [4.69, 9.17) is 0 Å². The van der Waals surface area contributed by atoms with Gasteiger partial charge in [0.15, 0.2) is 0 Å². The number of hydrogen-bond donors (Lipinski definition) is 1. The Labute approximate surface area is 116 Å². The van der Waals surface area contributed by atoms with Crippen LogP contribution in [0.5, 0.6) is 0 Å². The van der Waals surface area contributed by atoms with Gasteiger partial charge in [-0.05, 0) is 26.2 Å². The van der Waals surface area contributed by atoms with Gasteiger partial charge < -0.3 is 0 Å². The van der Waals surface area contributed by atoms with Gasteiger partial charge in [-0.15, -0.1) is 0 Å². The fraction of sp³-hybridized carbons (Fsp3) is 1.00. The topological polar surface area (TPSA) is 83.6 Å². The monoisotopic (exact) mass is 312 g/mol. The van der Waals surface area contributed by atoms with E-state index in [1.807, 2.05) is 6.92 Å². The van der Waals surface area contributed by atoms with Crippen molar-refractivity contribution in [3.05, 3.63) is 0 Å². The smallest absolute Gasteiger partial charge is 0.212 e. The first-order valence-corrected chi connectivity index (χ1v) is 10.0. The highest BCUT2D eigenvalue weighted by molar-refractivity contribution is 7.89. The number of sulfonamides is 2. The first kappa shape index (κ1) is 16.9. The SMILES string of the molecule is CCCCS(=O)(=O)N1CCC(NS(=O)(=O)CC)CC1. The van der Waals surface area contributed by atoms with E-state index in [1.54, 1.807) is 6.92 Å².